The van der Waals surface area contributed by atoms with Gasteiger partial charge in [-0.2, -0.15) is 0 Å². The second kappa shape index (κ2) is 8.88. The van der Waals surface area contributed by atoms with Gasteiger partial charge in [0.25, 0.3) is 5.91 Å². The highest BCUT2D eigenvalue weighted by molar-refractivity contribution is 5.98. The number of ether oxygens (including phenoxy) is 2. The minimum atomic E-state index is -0.591. The van der Waals surface area contributed by atoms with Crippen LogP contribution in [0.1, 0.15) is 17.3 Å². The van der Waals surface area contributed by atoms with E-state index in [0.29, 0.717) is 0 Å². The third kappa shape index (κ3) is 5.01. The van der Waals surface area contributed by atoms with Gasteiger partial charge in [0.1, 0.15) is 0 Å². The van der Waals surface area contributed by atoms with Crippen LogP contribution < -0.4 is 10.1 Å². The van der Waals surface area contributed by atoms with Crippen molar-refractivity contribution in [1.82, 2.24) is 5.32 Å². The van der Waals surface area contributed by atoms with Crippen molar-refractivity contribution in [2.45, 2.75) is 6.92 Å². The molecule has 2 N–H and O–H groups in total. The number of hydrogen-bond donors (Lipinski definition) is 2. The monoisotopic (exact) mass is 298 g/mol. The summed E-state index contributed by atoms with van der Waals surface area (Å²) < 4.78 is 10.2. The molecule has 0 bridgehead atoms. The maximum atomic E-state index is 12.0. The smallest absolute Gasteiger partial charge is 0.311 e. The molecule has 8 heteroatoms. The lowest BCUT2D eigenvalue weighted by molar-refractivity contribution is -0.385. The third-order valence-electron chi connectivity index (χ3n) is 2.49. The van der Waals surface area contributed by atoms with Crippen LogP contribution in [-0.4, -0.2) is 48.9 Å². The molecule has 1 amide bonds. The molecule has 0 unspecified atom stereocenters. The number of amides is 1. The van der Waals surface area contributed by atoms with E-state index in [9.17, 15) is 14.9 Å². The van der Waals surface area contributed by atoms with E-state index < -0.39 is 10.8 Å². The molecule has 0 aliphatic heterocycles. The van der Waals surface area contributed by atoms with Gasteiger partial charge in [0.2, 0.25) is 5.75 Å². The lowest BCUT2D eigenvalue weighted by Gasteiger charge is -2.11. The molecule has 1 aromatic rings. The second-order valence-electron chi connectivity index (χ2n) is 3.94. The predicted octanol–water partition coefficient (Wildman–Crippen LogP) is 0.732. The minimum Gasteiger partial charge on any atom is -0.487 e. The molecule has 0 spiro atoms. The van der Waals surface area contributed by atoms with E-state index in [1.807, 2.05) is 0 Å². The number of aliphatic hydroxyl groups is 1. The van der Waals surface area contributed by atoms with E-state index in [0.717, 1.165) is 0 Å². The predicted molar refractivity (Wildman–Crippen MR) is 74.5 cm³/mol. The zero-order valence-electron chi connectivity index (χ0n) is 11.7. The Hall–Kier alpha value is -2.19. The van der Waals surface area contributed by atoms with Gasteiger partial charge in [0.05, 0.1) is 36.9 Å². The number of hydrogen-bond acceptors (Lipinski definition) is 6. The molecule has 1 aromatic carbocycles. The largest absolute Gasteiger partial charge is 0.487 e. The molecule has 0 saturated carbocycles. The Morgan fingerprint density at radius 2 is 2.19 bits per heavy atom. The van der Waals surface area contributed by atoms with Crippen LogP contribution in [0.25, 0.3) is 0 Å². The average molecular weight is 298 g/mol. The number of benzene rings is 1. The van der Waals surface area contributed by atoms with E-state index in [1.165, 1.54) is 18.2 Å². The summed E-state index contributed by atoms with van der Waals surface area (Å²) in [6.45, 7) is 2.47. The Labute approximate surface area is 121 Å². The first-order valence-electron chi connectivity index (χ1n) is 6.48. The molecule has 0 heterocycles. The lowest BCUT2D eigenvalue weighted by Crippen LogP contribution is -2.28. The second-order valence-corrected chi connectivity index (χ2v) is 3.94. The molecule has 1 rings (SSSR count). The molecule has 116 valence electrons. The topological polar surface area (TPSA) is 111 Å². The molecule has 8 nitrogen and oxygen atoms in total. The molecular formula is C13H18N2O6. The Morgan fingerprint density at radius 3 is 2.81 bits per heavy atom. The number of carbonyl (C=O) groups is 1. The van der Waals surface area contributed by atoms with Crippen molar-refractivity contribution in [1.29, 1.82) is 0 Å². The Balaban J connectivity index is 2.78. The van der Waals surface area contributed by atoms with E-state index in [1.54, 1.807) is 6.92 Å². The molecule has 0 atom stereocenters. The molecular weight excluding hydrogens is 280 g/mol. The third-order valence-corrected chi connectivity index (χ3v) is 2.49. The molecule has 0 aliphatic rings. The van der Waals surface area contributed by atoms with E-state index >= 15 is 0 Å². The first-order valence-corrected chi connectivity index (χ1v) is 6.48. The summed E-state index contributed by atoms with van der Waals surface area (Å²) in [5, 5.41) is 22.1. The van der Waals surface area contributed by atoms with Crippen LogP contribution >= 0.6 is 0 Å². The SMILES string of the molecule is CCOc1c(C(=O)NCCOCCO)cccc1[N+](=O)[O-]. The molecule has 0 aromatic heterocycles. The van der Waals surface area contributed by atoms with Gasteiger partial charge in [-0.1, -0.05) is 6.07 Å². The fraction of sp³-hybridized carbons (Fsp3) is 0.462. The number of nitrogens with one attached hydrogen (secondary N) is 1. The van der Waals surface area contributed by atoms with Crippen LogP contribution in [0.3, 0.4) is 0 Å². The molecule has 0 radical (unpaired) electrons. The van der Waals surface area contributed by atoms with E-state index in [4.69, 9.17) is 14.6 Å². The molecule has 21 heavy (non-hydrogen) atoms. The van der Waals surface area contributed by atoms with Gasteiger partial charge in [-0.3, -0.25) is 14.9 Å². The zero-order valence-corrected chi connectivity index (χ0v) is 11.7. The van der Waals surface area contributed by atoms with Gasteiger partial charge < -0.3 is 19.9 Å². The van der Waals surface area contributed by atoms with Gasteiger partial charge in [0.15, 0.2) is 0 Å². The van der Waals surface area contributed by atoms with Crippen LogP contribution in [0.4, 0.5) is 5.69 Å². The van der Waals surface area contributed by atoms with Gasteiger partial charge in [-0.05, 0) is 13.0 Å². The van der Waals surface area contributed by atoms with Crippen LogP contribution in [0.15, 0.2) is 18.2 Å². The van der Waals surface area contributed by atoms with Gasteiger partial charge in [0, 0.05) is 12.6 Å². The van der Waals surface area contributed by atoms with Crippen LogP contribution in [-0.2, 0) is 4.74 Å². The summed E-state index contributed by atoms with van der Waals surface area (Å²) in [5.74, 6) is -0.520. The fourth-order valence-corrected chi connectivity index (χ4v) is 1.64. The number of para-hydroxylation sites is 1. The Bertz CT molecular complexity index is 492. The normalized spacial score (nSPS) is 10.2. The van der Waals surface area contributed by atoms with Gasteiger partial charge >= 0.3 is 5.69 Å². The number of carbonyl (C=O) groups excluding carboxylic acids is 1. The Kier molecular flexibility index (Phi) is 7.13. The lowest BCUT2D eigenvalue weighted by atomic mass is 10.1. The summed E-state index contributed by atoms with van der Waals surface area (Å²) >= 11 is 0. The van der Waals surface area contributed by atoms with Crippen molar-refractivity contribution in [3.05, 3.63) is 33.9 Å². The van der Waals surface area contributed by atoms with Crippen molar-refractivity contribution >= 4 is 11.6 Å². The molecule has 0 saturated heterocycles. The van der Waals surface area contributed by atoms with Crippen molar-refractivity contribution in [3.63, 3.8) is 0 Å². The quantitative estimate of drug-likeness (QED) is 0.395. The highest BCUT2D eigenvalue weighted by Gasteiger charge is 2.22. The number of rotatable bonds is 9. The van der Waals surface area contributed by atoms with Crippen LogP contribution in [0.2, 0.25) is 0 Å². The maximum Gasteiger partial charge on any atom is 0.311 e. The number of nitro groups is 1. The van der Waals surface area contributed by atoms with Crippen LogP contribution in [0, 0.1) is 10.1 Å². The highest BCUT2D eigenvalue weighted by atomic mass is 16.6. The highest BCUT2D eigenvalue weighted by Crippen LogP contribution is 2.30. The summed E-state index contributed by atoms with van der Waals surface area (Å²) in [4.78, 5) is 22.4. The van der Waals surface area contributed by atoms with E-state index in [-0.39, 0.29) is 50.0 Å². The summed E-state index contributed by atoms with van der Waals surface area (Å²) in [6, 6.07) is 4.17. The maximum absolute atomic E-state index is 12.0. The molecule has 0 fully saturated rings. The molecule has 0 aliphatic carbocycles. The van der Waals surface area contributed by atoms with Crippen molar-refractivity contribution in [2.24, 2.45) is 0 Å². The van der Waals surface area contributed by atoms with Crippen LogP contribution in [0.5, 0.6) is 5.75 Å². The van der Waals surface area contributed by atoms with Crippen molar-refractivity contribution in [2.75, 3.05) is 33.0 Å². The Morgan fingerprint density at radius 1 is 1.43 bits per heavy atom. The number of nitrogens with zero attached hydrogens (tertiary/aromatic N) is 1. The van der Waals surface area contributed by atoms with Gasteiger partial charge in [-0.25, -0.2) is 0 Å². The minimum absolute atomic E-state index is 0.0428. The summed E-state index contributed by atoms with van der Waals surface area (Å²) in [6.07, 6.45) is 0. The first kappa shape index (κ1) is 16.9. The standard InChI is InChI=1S/C13H18N2O6/c1-2-21-12-10(4-3-5-11(12)15(18)19)13(17)14-6-8-20-9-7-16/h3-5,16H,2,6-9H2,1H3,(H,14,17). The van der Waals surface area contributed by atoms with Gasteiger partial charge in [-0.15, -0.1) is 0 Å². The summed E-state index contributed by atoms with van der Waals surface area (Å²) in [5.41, 5.74) is -0.144. The number of nitro benzene ring substituents is 1. The van der Waals surface area contributed by atoms with E-state index in [2.05, 4.69) is 5.32 Å². The summed E-state index contributed by atoms with van der Waals surface area (Å²) in [7, 11) is 0. The number of aliphatic hydroxyl groups excluding tert-OH is 1. The average Bonchev–Trinajstić information content (AvgIpc) is 2.47. The first-order chi connectivity index (χ1) is 10.1. The fourth-order valence-electron chi connectivity index (χ4n) is 1.64. The zero-order chi connectivity index (χ0) is 15.7. The van der Waals surface area contributed by atoms with Crippen molar-refractivity contribution < 1.29 is 24.3 Å². The van der Waals surface area contributed by atoms with Crippen molar-refractivity contribution in [3.8, 4) is 5.75 Å².